The molecule has 25 heavy (non-hydrogen) atoms. The van der Waals surface area contributed by atoms with Crippen molar-refractivity contribution in [1.29, 1.82) is 0 Å². The summed E-state index contributed by atoms with van der Waals surface area (Å²) in [6.07, 6.45) is 1.67. The molecule has 0 radical (unpaired) electrons. The molecule has 0 aliphatic carbocycles. The van der Waals surface area contributed by atoms with Gasteiger partial charge in [-0.1, -0.05) is 13.3 Å². The van der Waals surface area contributed by atoms with Crippen molar-refractivity contribution >= 4 is 17.4 Å². The second kappa shape index (κ2) is 7.60. The number of carbonyl (C=O) groups excluding carboxylic acids is 1. The third-order valence-electron chi connectivity index (χ3n) is 4.16. The zero-order valence-electron chi connectivity index (χ0n) is 16.0. The Bertz CT molecular complexity index is 594. The van der Waals surface area contributed by atoms with Gasteiger partial charge in [-0.25, -0.2) is 9.78 Å². The first kappa shape index (κ1) is 20.1. The molecular formula is C18H30N2O4S. The number of hydrogen-bond acceptors (Lipinski definition) is 6. The molecule has 2 rings (SSSR count). The normalized spacial score (nSPS) is 23.1. The smallest absolute Gasteiger partial charge is 0.412 e. The molecule has 2 unspecified atom stereocenters. The first-order valence-corrected chi connectivity index (χ1v) is 9.69. The van der Waals surface area contributed by atoms with E-state index in [4.69, 9.17) is 9.47 Å². The Labute approximate surface area is 154 Å². The van der Waals surface area contributed by atoms with Crippen molar-refractivity contribution in [1.82, 2.24) is 9.88 Å². The highest BCUT2D eigenvalue weighted by molar-refractivity contribution is 7.09. The Kier molecular flexibility index (Phi) is 6.12. The van der Waals surface area contributed by atoms with Gasteiger partial charge in [-0.05, 0) is 41.0 Å². The predicted octanol–water partition coefficient (Wildman–Crippen LogP) is 3.37. The maximum atomic E-state index is 12.8. The third-order valence-corrected chi connectivity index (χ3v) is 5.09. The van der Waals surface area contributed by atoms with Crippen molar-refractivity contribution in [3.8, 4) is 0 Å². The van der Waals surface area contributed by atoms with Crippen LogP contribution in [-0.2, 0) is 22.3 Å². The average Bonchev–Trinajstić information content (AvgIpc) is 2.99. The highest BCUT2D eigenvalue weighted by Gasteiger charge is 2.51. The van der Waals surface area contributed by atoms with E-state index in [-0.39, 0.29) is 12.6 Å². The lowest BCUT2D eigenvalue weighted by atomic mass is 10.0. The van der Waals surface area contributed by atoms with E-state index in [0.717, 1.165) is 18.5 Å². The number of aliphatic hydroxyl groups is 1. The number of nitrogens with zero attached hydrogens (tertiary/aromatic N) is 2. The van der Waals surface area contributed by atoms with Gasteiger partial charge in [-0.2, -0.15) is 0 Å². The van der Waals surface area contributed by atoms with Gasteiger partial charge in [0.1, 0.15) is 17.4 Å². The van der Waals surface area contributed by atoms with Gasteiger partial charge >= 0.3 is 6.09 Å². The lowest BCUT2D eigenvalue weighted by Gasteiger charge is -2.35. The minimum atomic E-state index is -0.846. The maximum absolute atomic E-state index is 12.8. The molecule has 1 aliphatic rings. The number of aliphatic hydroxyl groups excluding tert-OH is 1. The minimum absolute atomic E-state index is 0.152. The Morgan fingerprint density at radius 3 is 2.72 bits per heavy atom. The van der Waals surface area contributed by atoms with Gasteiger partial charge in [0, 0.05) is 11.3 Å². The van der Waals surface area contributed by atoms with Crippen molar-refractivity contribution in [3.63, 3.8) is 0 Å². The van der Waals surface area contributed by atoms with Crippen LogP contribution in [0.5, 0.6) is 0 Å². The van der Waals surface area contributed by atoms with E-state index in [1.54, 1.807) is 16.2 Å². The number of carbonyl (C=O) groups is 1. The number of thiazole rings is 1. The molecule has 0 spiro atoms. The molecule has 0 saturated carbocycles. The standard InChI is InChI=1S/C18H30N2O4S/c1-7-8-15-12(19-11-25-15)9-13-14(10-21)23-18(5,6)20(13)16(22)24-17(2,3)4/h11,13-14,21H,7-10H2,1-6H3. The lowest BCUT2D eigenvalue weighted by Crippen LogP contribution is -2.51. The SMILES string of the molecule is CCCc1scnc1CC1C(CO)OC(C)(C)N1C(=O)OC(C)(C)C. The fourth-order valence-corrected chi connectivity index (χ4v) is 4.11. The van der Waals surface area contributed by atoms with Crippen LogP contribution in [0.4, 0.5) is 4.79 Å². The van der Waals surface area contributed by atoms with Crippen molar-refractivity contribution in [2.75, 3.05) is 6.61 Å². The van der Waals surface area contributed by atoms with Gasteiger partial charge < -0.3 is 14.6 Å². The summed E-state index contributed by atoms with van der Waals surface area (Å²) in [7, 11) is 0. The number of aryl methyl sites for hydroxylation is 1. The summed E-state index contributed by atoms with van der Waals surface area (Å²) in [5.74, 6) is 0. The van der Waals surface area contributed by atoms with Crippen LogP contribution in [0.15, 0.2) is 5.51 Å². The molecule has 1 saturated heterocycles. The topological polar surface area (TPSA) is 71.9 Å². The van der Waals surface area contributed by atoms with Gasteiger partial charge in [0.25, 0.3) is 0 Å². The first-order valence-electron chi connectivity index (χ1n) is 8.81. The number of amides is 1. The van der Waals surface area contributed by atoms with Crippen LogP contribution in [0.2, 0.25) is 0 Å². The molecular weight excluding hydrogens is 340 g/mol. The van der Waals surface area contributed by atoms with Gasteiger partial charge in [-0.15, -0.1) is 11.3 Å². The van der Waals surface area contributed by atoms with Crippen LogP contribution in [0, 0.1) is 0 Å². The second-order valence-corrected chi connectivity index (χ2v) is 8.82. The molecule has 1 amide bonds. The summed E-state index contributed by atoms with van der Waals surface area (Å²) in [6, 6.07) is -0.312. The van der Waals surface area contributed by atoms with Crippen LogP contribution in [-0.4, -0.2) is 51.2 Å². The zero-order valence-corrected chi connectivity index (χ0v) is 16.9. The number of ether oxygens (including phenoxy) is 2. The molecule has 0 bridgehead atoms. The fourth-order valence-electron chi connectivity index (χ4n) is 3.21. The molecule has 6 nitrogen and oxygen atoms in total. The van der Waals surface area contributed by atoms with E-state index < -0.39 is 23.5 Å². The second-order valence-electron chi connectivity index (χ2n) is 7.88. The number of rotatable bonds is 5. The largest absolute Gasteiger partial charge is 0.444 e. The van der Waals surface area contributed by atoms with Crippen molar-refractivity contribution < 1.29 is 19.4 Å². The van der Waals surface area contributed by atoms with Crippen molar-refractivity contribution in [3.05, 3.63) is 16.1 Å². The Balaban J connectivity index is 2.29. The first-order chi connectivity index (χ1) is 11.6. The van der Waals surface area contributed by atoms with E-state index in [1.807, 2.05) is 40.1 Å². The summed E-state index contributed by atoms with van der Waals surface area (Å²) < 4.78 is 11.5. The van der Waals surface area contributed by atoms with Gasteiger partial charge in [0.05, 0.1) is 23.9 Å². The van der Waals surface area contributed by atoms with Crippen LogP contribution in [0.3, 0.4) is 0 Å². The Morgan fingerprint density at radius 2 is 2.16 bits per heavy atom. The molecule has 0 aromatic carbocycles. The van der Waals surface area contributed by atoms with E-state index in [9.17, 15) is 9.90 Å². The molecule has 1 aliphatic heterocycles. The van der Waals surface area contributed by atoms with Gasteiger partial charge in [0.2, 0.25) is 0 Å². The minimum Gasteiger partial charge on any atom is -0.444 e. The molecule has 2 atom stereocenters. The van der Waals surface area contributed by atoms with Gasteiger partial charge in [0.15, 0.2) is 0 Å². The monoisotopic (exact) mass is 370 g/mol. The molecule has 7 heteroatoms. The van der Waals surface area contributed by atoms with Crippen molar-refractivity contribution in [2.45, 2.75) is 84.3 Å². The summed E-state index contributed by atoms with van der Waals surface area (Å²) in [5.41, 5.74) is 1.38. The molecule has 1 N–H and O–H groups in total. The van der Waals surface area contributed by atoms with Crippen LogP contribution in [0.1, 0.15) is 58.5 Å². The molecule has 1 aromatic rings. The predicted molar refractivity (Wildman–Crippen MR) is 97.7 cm³/mol. The highest BCUT2D eigenvalue weighted by atomic mass is 32.1. The van der Waals surface area contributed by atoms with E-state index in [0.29, 0.717) is 6.42 Å². The highest BCUT2D eigenvalue weighted by Crippen LogP contribution is 2.35. The van der Waals surface area contributed by atoms with Crippen LogP contribution >= 0.6 is 11.3 Å². The average molecular weight is 371 g/mol. The van der Waals surface area contributed by atoms with E-state index in [1.165, 1.54) is 4.88 Å². The van der Waals surface area contributed by atoms with Gasteiger partial charge in [-0.3, -0.25) is 4.90 Å². The molecule has 1 aromatic heterocycles. The summed E-state index contributed by atoms with van der Waals surface area (Å²) in [6.45, 7) is 11.2. The van der Waals surface area contributed by atoms with Crippen LogP contribution in [0.25, 0.3) is 0 Å². The fraction of sp³-hybridized carbons (Fsp3) is 0.778. The molecule has 1 fully saturated rings. The number of aromatic nitrogens is 1. The van der Waals surface area contributed by atoms with Crippen LogP contribution < -0.4 is 0 Å². The number of hydrogen-bond donors (Lipinski definition) is 1. The van der Waals surface area contributed by atoms with E-state index in [2.05, 4.69) is 11.9 Å². The summed E-state index contributed by atoms with van der Waals surface area (Å²) in [4.78, 5) is 20.1. The summed E-state index contributed by atoms with van der Waals surface area (Å²) in [5, 5.41) is 9.78. The van der Waals surface area contributed by atoms with E-state index >= 15 is 0 Å². The zero-order chi connectivity index (χ0) is 18.8. The van der Waals surface area contributed by atoms with Crippen molar-refractivity contribution in [2.24, 2.45) is 0 Å². The Morgan fingerprint density at radius 1 is 1.48 bits per heavy atom. The summed E-state index contributed by atoms with van der Waals surface area (Å²) >= 11 is 1.64. The molecule has 142 valence electrons. The lowest BCUT2D eigenvalue weighted by molar-refractivity contribution is -0.0866. The third kappa shape index (κ3) is 4.71. The molecule has 2 heterocycles. The Hall–Kier alpha value is -1.18. The quantitative estimate of drug-likeness (QED) is 0.860. The maximum Gasteiger partial charge on any atom is 0.412 e.